The van der Waals surface area contributed by atoms with Gasteiger partial charge in [-0.3, -0.25) is 0 Å². The first-order valence-electron chi connectivity index (χ1n) is 3.25. The molecule has 0 aromatic carbocycles. The van der Waals surface area contributed by atoms with Crippen molar-refractivity contribution in [3.05, 3.63) is 29.2 Å². The minimum Gasteiger partial charge on any atom is -0.422 e. The predicted octanol–water partition coefficient (Wildman–Crippen LogP) is 1.89. The van der Waals surface area contributed by atoms with Crippen LogP contribution in [0.2, 0.25) is 0 Å². The summed E-state index contributed by atoms with van der Waals surface area (Å²) in [6, 6.07) is 5.49. The highest BCUT2D eigenvalue weighted by atomic mass is 79.9. The van der Waals surface area contributed by atoms with E-state index in [0.717, 1.165) is 4.60 Å². The minimum atomic E-state index is 0.427. The molecule has 60 valence electrons. The van der Waals surface area contributed by atoms with Crippen LogP contribution in [0, 0.1) is 0 Å². The van der Waals surface area contributed by atoms with Crippen LogP contribution in [-0.2, 0) is 0 Å². The fraction of sp³-hybridized carbons (Fsp3) is 0. The summed E-state index contributed by atoms with van der Waals surface area (Å²) in [5, 5.41) is 7.28. The Hall–Kier alpha value is -1.23. The Labute approximate surface area is 76.8 Å². The fourth-order valence-electron chi connectivity index (χ4n) is 0.812. The lowest BCUT2D eigenvalue weighted by atomic mass is 10.3. The molecule has 5 heteroatoms. The normalized spacial score (nSPS) is 10.1. The molecule has 0 saturated carbocycles. The van der Waals surface area contributed by atoms with E-state index in [4.69, 9.17) is 4.42 Å². The Morgan fingerprint density at radius 2 is 2.25 bits per heavy atom. The molecule has 0 aliphatic rings. The Morgan fingerprint density at radius 1 is 1.33 bits per heavy atom. The van der Waals surface area contributed by atoms with Gasteiger partial charge in [-0.15, -0.1) is 10.2 Å². The average Bonchev–Trinajstić information content (AvgIpc) is 2.56. The Morgan fingerprint density at radius 3 is 2.92 bits per heavy atom. The number of aromatic nitrogens is 3. The molecule has 0 unspecified atom stereocenters. The van der Waals surface area contributed by atoms with Gasteiger partial charge in [-0.25, -0.2) is 4.98 Å². The summed E-state index contributed by atoms with van der Waals surface area (Å²) in [7, 11) is 0. The van der Waals surface area contributed by atoms with E-state index in [2.05, 4.69) is 31.1 Å². The number of hydrogen-bond acceptors (Lipinski definition) is 4. The van der Waals surface area contributed by atoms with Gasteiger partial charge < -0.3 is 4.42 Å². The van der Waals surface area contributed by atoms with Crippen molar-refractivity contribution in [2.45, 2.75) is 0 Å². The second-order valence-electron chi connectivity index (χ2n) is 2.09. The molecule has 0 N–H and O–H groups in total. The van der Waals surface area contributed by atoms with Crippen molar-refractivity contribution in [3.63, 3.8) is 0 Å². The molecule has 2 aromatic heterocycles. The van der Waals surface area contributed by atoms with Gasteiger partial charge in [0, 0.05) is 0 Å². The van der Waals surface area contributed by atoms with Crippen LogP contribution in [0.15, 0.2) is 33.6 Å². The van der Waals surface area contributed by atoms with Crippen LogP contribution in [0.3, 0.4) is 0 Å². The highest BCUT2D eigenvalue weighted by Gasteiger charge is 2.03. The van der Waals surface area contributed by atoms with Crippen molar-refractivity contribution in [3.8, 4) is 11.6 Å². The van der Waals surface area contributed by atoms with Gasteiger partial charge >= 0.3 is 0 Å². The topological polar surface area (TPSA) is 51.8 Å². The maximum atomic E-state index is 4.97. The van der Waals surface area contributed by atoms with E-state index in [9.17, 15) is 0 Å². The first kappa shape index (κ1) is 7.42. The molecular weight excluding hydrogens is 222 g/mol. The van der Waals surface area contributed by atoms with Crippen molar-refractivity contribution in [2.75, 3.05) is 0 Å². The molecule has 4 nitrogen and oxygen atoms in total. The van der Waals surface area contributed by atoms with E-state index < -0.39 is 0 Å². The van der Waals surface area contributed by atoms with Gasteiger partial charge in [0.05, 0.1) is 0 Å². The van der Waals surface area contributed by atoms with E-state index >= 15 is 0 Å². The summed E-state index contributed by atoms with van der Waals surface area (Å²) in [4.78, 5) is 4.14. The number of hydrogen-bond donors (Lipinski definition) is 0. The Kier molecular flexibility index (Phi) is 1.87. The molecular formula is C7H4BrN3O. The molecule has 2 heterocycles. The highest BCUT2D eigenvalue weighted by Crippen LogP contribution is 2.15. The maximum absolute atomic E-state index is 4.97. The van der Waals surface area contributed by atoms with Crippen LogP contribution in [0.1, 0.15) is 0 Å². The standard InChI is InChI=1S/C7H4BrN3O/c8-6-3-1-2-5(10-6)7-11-9-4-12-7/h1-4H. The molecule has 2 aromatic rings. The second kappa shape index (κ2) is 3.02. The van der Waals surface area contributed by atoms with E-state index in [0.29, 0.717) is 11.6 Å². The third-order valence-electron chi connectivity index (χ3n) is 1.29. The van der Waals surface area contributed by atoms with Crippen LogP contribution < -0.4 is 0 Å². The molecule has 12 heavy (non-hydrogen) atoms. The van der Waals surface area contributed by atoms with E-state index in [1.165, 1.54) is 6.39 Å². The Bertz CT molecular complexity index is 374. The zero-order valence-corrected chi connectivity index (χ0v) is 7.52. The molecule has 0 atom stereocenters. The van der Waals surface area contributed by atoms with Crippen LogP contribution >= 0.6 is 15.9 Å². The van der Waals surface area contributed by atoms with Crippen molar-refractivity contribution >= 4 is 15.9 Å². The lowest BCUT2D eigenvalue weighted by Crippen LogP contribution is -1.83. The predicted molar refractivity (Wildman–Crippen MR) is 45.2 cm³/mol. The molecule has 2 rings (SSSR count). The first-order chi connectivity index (χ1) is 5.86. The van der Waals surface area contributed by atoms with Gasteiger partial charge in [0.1, 0.15) is 10.3 Å². The maximum Gasteiger partial charge on any atom is 0.266 e. The lowest BCUT2D eigenvalue weighted by Gasteiger charge is -1.92. The zero-order valence-electron chi connectivity index (χ0n) is 5.94. The smallest absolute Gasteiger partial charge is 0.266 e. The molecule has 0 fully saturated rings. The fourth-order valence-corrected chi connectivity index (χ4v) is 1.16. The largest absolute Gasteiger partial charge is 0.422 e. The molecule has 0 bridgehead atoms. The summed E-state index contributed by atoms with van der Waals surface area (Å²) < 4.78 is 5.72. The average molecular weight is 226 g/mol. The lowest BCUT2D eigenvalue weighted by molar-refractivity contribution is 0.566. The molecule has 0 spiro atoms. The van der Waals surface area contributed by atoms with Crippen molar-refractivity contribution in [1.82, 2.24) is 15.2 Å². The van der Waals surface area contributed by atoms with Crippen molar-refractivity contribution in [2.24, 2.45) is 0 Å². The minimum absolute atomic E-state index is 0.427. The summed E-state index contributed by atoms with van der Waals surface area (Å²) in [5.74, 6) is 0.427. The monoisotopic (exact) mass is 225 g/mol. The van der Waals surface area contributed by atoms with Gasteiger partial charge in [0.2, 0.25) is 6.39 Å². The van der Waals surface area contributed by atoms with E-state index in [1.54, 1.807) is 6.07 Å². The third-order valence-corrected chi connectivity index (χ3v) is 1.74. The van der Waals surface area contributed by atoms with Crippen LogP contribution in [0.5, 0.6) is 0 Å². The molecule has 0 aliphatic carbocycles. The summed E-state index contributed by atoms with van der Waals surface area (Å²) in [5.41, 5.74) is 0.668. The first-order valence-corrected chi connectivity index (χ1v) is 4.04. The number of nitrogens with zero attached hydrogens (tertiary/aromatic N) is 3. The van der Waals surface area contributed by atoms with Crippen molar-refractivity contribution < 1.29 is 4.42 Å². The quantitative estimate of drug-likeness (QED) is 0.696. The van der Waals surface area contributed by atoms with Crippen LogP contribution in [0.4, 0.5) is 0 Å². The SMILES string of the molecule is Brc1cccc(-c2nnco2)n1. The number of rotatable bonds is 1. The number of pyridine rings is 1. The number of halogens is 1. The highest BCUT2D eigenvalue weighted by molar-refractivity contribution is 9.10. The summed E-state index contributed by atoms with van der Waals surface area (Å²) in [6.45, 7) is 0. The van der Waals surface area contributed by atoms with Gasteiger partial charge in [0.25, 0.3) is 5.89 Å². The Balaban J connectivity index is 2.48. The molecule has 0 aliphatic heterocycles. The van der Waals surface area contributed by atoms with Crippen LogP contribution in [0.25, 0.3) is 11.6 Å². The summed E-state index contributed by atoms with van der Waals surface area (Å²) >= 11 is 3.25. The van der Waals surface area contributed by atoms with Crippen molar-refractivity contribution in [1.29, 1.82) is 0 Å². The van der Waals surface area contributed by atoms with Gasteiger partial charge in [-0.05, 0) is 28.1 Å². The van der Waals surface area contributed by atoms with E-state index in [-0.39, 0.29) is 0 Å². The van der Waals surface area contributed by atoms with Gasteiger partial charge in [0.15, 0.2) is 0 Å². The van der Waals surface area contributed by atoms with Crippen LogP contribution in [-0.4, -0.2) is 15.2 Å². The van der Waals surface area contributed by atoms with E-state index in [1.807, 2.05) is 12.1 Å². The zero-order chi connectivity index (χ0) is 8.39. The summed E-state index contributed by atoms with van der Waals surface area (Å²) in [6.07, 6.45) is 1.28. The van der Waals surface area contributed by atoms with Gasteiger partial charge in [-0.2, -0.15) is 0 Å². The molecule has 0 saturated heterocycles. The second-order valence-corrected chi connectivity index (χ2v) is 2.90. The molecule has 0 amide bonds. The molecule has 0 radical (unpaired) electrons. The van der Waals surface area contributed by atoms with Gasteiger partial charge in [-0.1, -0.05) is 6.07 Å². The third kappa shape index (κ3) is 1.35.